The molecule has 4 N–H and O–H groups in total. The SMILES string of the molecule is Nc1nc(=O)[nH]c2n[nH]c(CCl)c12. The summed E-state index contributed by atoms with van der Waals surface area (Å²) in [7, 11) is 0. The molecule has 0 aliphatic carbocycles. The van der Waals surface area contributed by atoms with Crippen LogP contribution in [0.3, 0.4) is 0 Å². The molecule has 0 saturated carbocycles. The fourth-order valence-corrected chi connectivity index (χ4v) is 1.33. The van der Waals surface area contributed by atoms with Crippen molar-refractivity contribution in [3.8, 4) is 0 Å². The standard InChI is InChI=1S/C6H6ClN5O/c7-1-2-3-4(8)9-6(13)10-5(3)12-11-2/h1H2,(H4,8,9,10,11,12,13). The number of aromatic amines is 2. The Kier molecular flexibility index (Phi) is 1.70. The van der Waals surface area contributed by atoms with Crippen LogP contribution in [-0.4, -0.2) is 20.2 Å². The monoisotopic (exact) mass is 199 g/mol. The minimum Gasteiger partial charge on any atom is -0.383 e. The van der Waals surface area contributed by atoms with Gasteiger partial charge in [0.25, 0.3) is 0 Å². The van der Waals surface area contributed by atoms with Crippen LogP contribution in [-0.2, 0) is 5.88 Å². The van der Waals surface area contributed by atoms with Gasteiger partial charge >= 0.3 is 5.69 Å². The van der Waals surface area contributed by atoms with Crippen LogP contribution in [0.25, 0.3) is 11.0 Å². The fraction of sp³-hybridized carbons (Fsp3) is 0.167. The molecular formula is C6H6ClN5O. The summed E-state index contributed by atoms with van der Waals surface area (Å²) in [6, 6.07) is 0. The second-order valence-corrected chi connectivity index (χ2v) is 2.75. The molecule has 6 nitrogen and oxygen atoms in total. The van der Waals surface area contributed by atoms with Crippen molar-refractivity contribution in [2.45, 2.75) is 5.88 Å². The van der Waals surface area contributed by atoms with Crippen LogP contribution >= 0.6 is 11.6 Å². The molecule has 0 fully saturated rings. The van der Waals surface area contributed by atoms with E-state index in [1.54, 1.807) is 0 Å². The van der Waals surface area contributed by atoms with Gasteiger partial charge in [0.2, 0.25) is 0 Å². The lowest BCUT2D eigenvalue weighted by Crippen LogP contribution is -2.12. The maximum absolute atomic E-state index is 10.9. The number of anilines is 1. The number of alkyl halides is 1. The number of H-pyrrole nitrogens is 2. The second-order valence-electron chi connectivity index (χ2n) is 2.49. The van der Waals surface area contributed by atoms with E-state index in [-0.39, 0.29) is 11.7 Å². The maximum Gasteiger partial charge on any atom is 0.348 e. The lowest BCUT2D eigenvalue weighted by molar-refractivity contribution is 1.03. The largest absolute Gasteiger partial charge is 0.383 e. The van der Waals surface area contributed by atoms with E-state index in [4.69, 9.17) is 17.3 Å². The molecule has 68 valence electrons. The number of nitrogens with zero attached hydrogens (tertiary/aromatic N) is 2. The Labute approximate surface area is 77.1 Å². The van der Waals surface area contributed by atoms with Gasteiger partial charge in [0, 0.05) is 0 Å². The number of fused-ring (bicyclic) bond motifs is 1. The molecule has 0 unspecified atom stereocenters. The van der Waals surface area contributed by atoms with E-state index in [2.05, 4.69) is 20.2 Å². The van der Waals surface area contributed by atoms with Crippen molar-refractivity contribution in [1.29, 1.82) is 0 Å². The number of nitrogens with one attached hydrogen (secondary N) is 2. The average molecular weight is 200 g/mol. The molecule has 0 bridgehead atoms. The van der Waals surface area contributed by atoms with Gasteiger partial charge in [0.05, 0.1) is 17.0 Å². The number of halogens is 1. The molecule has 0 spiro atoms. The van der Waals surface area contributed by atoms with Gasteiger partial charge in [0.15, 0.2) is 5.65 Å². The summed E-state index contributed by atoms with van der Waals surface area (Å²) in [5, 5.41) is 7.06. The predicted molar refractivity (Wildman–Crippen MR) is 48.5 cm³/mol. The third-order valence-electron chi connectivity index (χ3n) is 1.68. The van der Waals surface area contributed by atoms with E-state index in [1.165, 1.54) is 0 Å². The molecule has 0 aliphatic heterocycles. The summed E-state index contributed by atoms with van der Waals surface area (Å²) < 4.78 is 0. The normalized spacial score (nSPS) is 10.8. The number of hydrogen-bond donors (Lipinski definition) is 3. The zero-order valence-corrected chi connectivity index (χ0v) is 7.22. The Morgan fingerprint density at radius 2 is 2.31 bits per heavy atom. The molecule has 2 aromatic heterocycles. The highest BCUT2D eigenvalue weighted by atomic mass is 35.5. The van der Waals surface area contributed by atoms with Crippen LogP contribution in [0.15, 0.2) is 4.79 Å². The fourth-order valence-electron chi connectivity index (χ4n) is 1.14. The van der Waals surface area contributed by atoms with E-state index in [0.717, 1.165) is 0 Å². The Hall–Kier alpha value is -1.56. The van der Waals surface area contributed by atoms with E-state index in [9.17, 15) is 4.79 Å². The van der Waals surface area contributed by atoms with Crippen molar-refractivity contribution in [3.63, 3.8) is 0 Å². The lowest BCUT2D eigenvalue weighted by Gasteiger charge is -1.94. The summed E-state index contributed by atoms with van der Waals surface area (Å²) in [6.45, 7) is 0. The zero-order valence-electron chi connectivity index (χ0n) is 6.47. The molecule has 2 aromatic rings. The molecule has 2 heterocycles. The molecule has 0 saturated heterocycles. The summed E-state index contributed by atoms with van der Waals surface area (Å²) in [5.41, 5.74) is 6.05. The topological polar surface area (TPSA) is 100 Å². The highest BCUT2D eigenvalue weighted by molar-refractivity contribution is 6.18. The molecule has 7 heteroatoms. The molecule has 2 rings (SSSR count). The van der Waals surface area contributed by atoms with Gasteiger partial charge < -0.3 is 5.73 Å². The van der Waals surface area contributed by atoms with Crippen LogP contribution in [0.2, 0.25) is 0 Å². The van der Waals surface area contributed by atoms with Crippen molar-refractivity contribution in [3.05, 3.63) is 16.2 Å². The second kappa shape index (κ2) is 2.74. The number of hydrogen-bond acceptors (Lipinski definition) is 4. The molecule has 13 heavy (non-hydrogen) atoms. The quantitative estimate of drug-likeness (QED) is 0.562. The first-order chi connectivity index (χ1) is 6.22. The molecule has 0 aromatic carbocycles. The number of nitrogens with two attached hydrogens (primary N) is 1. The predicted octanol–water partition coefficient (Wildman–Crippen LogP) is -0.0328. The van der Waals surface area contributed by atoms with E-state index in [0.29, 0.717) is 16.7 Å². The Bertz CT molecular complexity index is 501. The molecule has 0 atom stereocenters. The first-order valence-corrected chi connectivity index (χ1v) is 4.04. The minimum atomic E-state index is -0.516. The van der Waals surface area contributed by atoms with Gasteiger partial charge in [-0.1, -0.05) is 0 Å². The lowest BCUT2D eigenvalue weighted by atomic mass is 10.3. The van der Waals surface area contributed by atoms with Gasteiger partial charge in [0.1, 0.15) is 5.82 Å². The average Bonchev–Trinajstić information content (AvgIpc) is 2.47. The van der Waals surface area contributed by atoms with Gasteiger partial charge in [-0.25, -0.2) is 4.79 Å². The van der Waals surface area contributed by atoms with Crippen LogP contribution in [0.5, 0.6) is 0 Å². The first kappa shape index (κ1) is 8.06. The summed E-state index contributed by atoms with van der Waals surface area (Å²) in [6.07, 6.45) is 0. The summed E-state index contributed by atoms with van der Waals surface area (Å²) in [4.78, 5) is 16.8. The third kappa shape index (κ3) is 1.15. The van der Waals surface area contributed by atoms with Gasteiger partial charge in [-0.3, -0.25) is 10.1 Å². The van der Waals surface area contributed by atoms with Gasteiger partial charge in [-0.2, -0.15) is 10.1 Å². The van der Waals surface area contributed by atoms with Crippen LogP contribution < -0.4 is 11.4 Å². The summed E-state index contributed by atoms with van der Waals surface area (Å²) in [5.74, 6) is 0.386. The minimum absolute atomic E-state index is 0.142. The number of nitrogen functional groups attached to an aromatic ring is 1. The van der Waals surface area contributed by atoms with Crippen molar-refractivity contribution >= 4 is 28.5 Å². The number of aromatic nitrogens is 4. The Morgan fingerprint density at radius 1 is 1.54 bits per heavy atom. The van der Waals surface area contributed by atoms with Crippen molar-refractivity contribution in [2.24, 2.45) is 0 Å². The van der Waals surface area contributed by atoms with Crippen LogP contribution in [0.4, 0.5) is 5.82 Å². The van der Waals surface area contributed by atoms with Crippen LogP contribution in [0.1, 0.15) is 5.69 Å². The molecular weight excluding hydrogens is 194 g/mol. The Morgan fingerprint density at radius 3 is 3.00 bits per heavy atom. The van der Waals surface area contributed by atoms with Gasteiger partial charge in [-0.05, 0) is 0 Å². The molecule has 0 radical (unpaired) electrons. The van der Waals surface area contributed by atoms with E-state index >= 15 is 0 Å². The molecule has 0 amide bonds. The van der Waals surface area contributed by atoms with Crippen molar-refractivity contribution in [2.75, 3.05) is 5.73 Å². The Balaban J connectivity index is 2.90. The smallest absolute Gasteiger partial charge is 0.348 e. The first-order valence-electron chi connectivity index (χ1n) is 3.51. The highest BCUT2D eigenvalue weighted by Crippen LogP contribution is 2.18. The van der Waals surface area contributed by atoms with Gasteiger partial charge in [-0.15, -0.1) is 11.6 Å². The van der Waals surface area contributed by atoms with Crippen molar-refractivity contribution < 1.29 is 0 Å². The zero-order chi connectivity index (χ0) is 9.42. The van der Waals surface area contributed by atoms with Crippen molar-refractivity contribution in [1.82, 2.24) is 20.2 Å². The maximum atomic E-state index is 10.9. The van der Waals surface area contributed by atoms with E-state index < -0.39 is 5.69 Å². The van der Waals surface area contributed by atoms with E-state index in [1.807, 2.05) is 0 Å². The van der Waals surface area contributed by atoms with Crippen LogP contribution in [0, 0.1) is 0 Å². The highest BCUT2D eigenvalue weighted by Gasteiger charge is 2.09. The summed E-state index contributed by atoms with van der Waals surface area (Å²) >= 11 is 5.61. The number of rotatable bonds is 1. The third-order valence-corrected chi connectivity index (χ3v) is 1.95. The molecule has 0 aliphatic rings.